The van der Waals surface area contributed by atoms with E-state index in [9.17, 15) is 8.42 Å². The largest absolute Gasteiger partial charge is 0.495 e. The van der Waals surface area contributed by atoms with Gasteiger partial charge in [0.1, 0.15) is 10.6 Å². The average Bonchev–Trinajstić information content (AvgIpc) is 2.94. The summed E-state index contributed by atoms with van der Waals surface area (Å²) in [5, 5.41) is 2.74. The van der Waals surface area contributed by atoms with Crippen LogP contribution in [0.3, 0.4) is 0 Å². The number of aromatic nitrogens is 1. The fourth-order valence-corrected chi connectivity index (χ4v) is 3.63. The summed E-state index contributed by atoms with van der Waals surface area (Å²) < 4.78 is 32.4. The lowest BCUT2D eigenvalue weighted by molar-refractivity contribution is 0.402. The van der Waals surface area contributed by atoms with Crippen molar-refractivity contribution in [2.75, 3.05) is 19.4 Å². The SMILES string of the molecule is COc1cc(C)c(N)cc1S(=O)(=O)NCCc1nccs1. The van der Waals surface area contributed by atoms with Gasteiger partial charge in [-0.2, -0.15) is 0 Å². The van der Waals surface area contributed by atoms with E-state index < -0.39 is 10.0 Å². The summed E-state index contributed by atoms with van der Waals surface area (Å²) in [6.45, 7) is 2.07. The summed E-state index contributed by atoms with van der Waals surface area (Å²) >= 11 is 1.49. The number of nitrogen functional groups attached to an aromatic ring is 1. The van der Waals surface area contributed by atoms with Crippen molar-refractivity contribution in [2.24, 2.45) is 0 Å². The molecule has 0 aliphatic rings. The van der Waals surface area contributed by atoms with Crippen LogP contribution < -0.4 is 15.2 Å². The highest BCUT2D eigenvalue weighted by molar-refractivity contribution is 7.89. The summed E-state index contributed by atoms with van der Waals surface area (Å²) in [5.74, 6) is 0.281. The summed E-state index contributed by atoms with van der Waals surface area (Å²) in [6, 6.07) is 3.03. The number of nitrogens with two attached hydrogens (primary N) is 1. The van der Waals surface area contributed by atoms with Gasteiger partial charge in [0.05, 0.1) is 12.1 Å². The first-order valence-corrected chi connectivity index (χ1v) is 8.62. The van der Waals surface area contributed by atoms with E-state index in [1.807, 2.05) is 5.38 Å². The van der Waals surface area contributed by atoms with Crippen LogP contribution in [0.2, 0.25) is 0 Å². The Morgan fingerprint density at radius 3 is 2.81 bits per heavy atom. The Labute approximate surface area is 128 Å². The third kappa shape index (κ3) is 3.72. The van der Waals surface area contributed by atoms with Crippen molar-refractivity contribution < 1.29 is 13.2 Å². The molecule has 0 aliphatic heterocycles. The lowest BCUT2D eigenvalue weighted by Gasteiger charge is -2.12. The molecule has 2 aromatic rings. The minimum atomic E-state index is -3.67. The van der Waals surface area contributed by atoms with Gasteiger partial charge in [-0.15, -0.1) is 11.3 Å². The standard InChI is InChI=1S/C13H17N3O3S2/c1-9-7-11(19-2)12(8-10(9)14)21(17,18)16-4-3-13-15-5-6-20-13/h5-8,16H,3-4,14H2,1-2H3. The summed E-state index contributed by atoms with van der Waals surface area (Å²) in [4.78, 5) is 4.16. The van der Waals surface area contributed by atoms with Gasteiger partial charge in [-0.1, -0.05) is 0 Å². The van der Waals surface area contributed by atoms with Crippen molar-refractivity contribution in [3.05, 3.63) is 34.3 Å². The molecule has 0 unspecified atom stereocenters. The van der Waals surface area contributed by atoms with Crippen molar-refractivity contribution in [1.29, 1.82) is 0 Å². The van der Waals surface area contributed by atoms with Gasteiger partial charge in [0.25, 0.3) is 0 Å². The number of thiazole rings is 1. The van der Waals surface area contributed by atoms with Crippen molar-refractivity contribution >= 4 is 27.0 Å². The number of hydrogen-bond donors (Lipinski definition) is 2. The van der Waals surface area contributed by atoms with Crippen LogP contribution in [-0.2, 0) is 16.4 Å². The van der Waals surface area contributed by atoms with Crippen molar-refractivity contribution in [1.82, 2.24) is 9.71 Å². The first kappa shape index (κ1) is 15.7. The van der Waals surface area contributed by atoms with Crippen molar-refractivity contribution in [2.45, 2.75) is 18.2 Å². The molecule has 0 bridgehead atoms. The zero-order valence-electron chi connectivity index (χ0n) is 11.8. The second-order valence-electron chi connectivity index (χ2n) is 4.43. The maximum absolute atomic E-state index is 12.3. The third-order valence-electron chi connectivity index (χ3n) is 2.96. The fourth-order valence-electron chi connectivity index (χ4n) is 1.79. The van der Waals surface area contributed by atoms with Gasteiger partial charge in [0, 0.05) is 30.2 Å². The molecule has 0 spiro atoms. The molecule has 0 amide bonds. The molecule has 0 radical (unpaired) electrons. The van der Waals surface area contributed by atoms with Crippen LogP contribution in [0.4, 0.5) is 5.69 Å². The highest BCUT2D eigenvalue weighted by Gasteiger charge is 2.20. The van der Waals surface area contributed by atoms with Gasteiger partial charge in [0.2, 0.25) is 10.0 Å². The molecule has 0 aliphatic carbocycles. The number of nitrogens with one attached hydrogen (secondary N) is 1. The lowest BCUT2D eigenvalue weighted by atomic mass is 10.2. The van der Waals surface area contributed by atoms with Gasteiger partial charge in [0.15, 0.2) is 0 Å². The van der Waals surface area contributed by atoms with E-state index in [1.165, 1.54) is 24.5 Å². The molecule has 0 saturated carbocycles. The van der Waals surface area contributed by atoms with Crippen LogP contribution in [0.1, 0.15) is 10.6 Å². The highest BCUT2D eigenvalue weighted by Crippen LogP contribution is 2.28. The molecule has 0 fully saturated rings. The zero-order chi connectivity index (χ0) is 15.5. The lowest BCUT2D eigenvalue weighted by Crippen LogP contribution is -2.26. The molecule has 21 heavy (non-hydrogen) atoms. The summed E-state index contributed by atoms with van der Waals surface area (Å²) in [5.41, 5.74) is 6.98. The van der Waals surface area contributed by atoms with Crippen LogP contribution in [0.15, 0.2) is 28.6 Å². The third-order valence-corrected chi connectivity index (χ3v) is 5.28. The molecule has 8 heteroatoms. The van der Waals surface area contributed by atoms with Crippen molar-refractivity contribution in [3.8, 4) is 5.75 Å². The van der Waals surface area contributed by atoms with E-state index in [0.717, 1.165) is 10.6 Å². The normalized spacial score (nSPS) is 11.5. The predicted octanol–water partition coefficient (Wildman–Crippen LogP) is 1.56. The Kier molecular flexibility index (Phi) is 4.81. The van der Waals surface area contributed by atoms with Gasteiger partial charge in [-0.05, 0) is 24.6 Å². The van der Waals surface area contributed by atoms with Crippen LogP contribution in [0, 0.1) is 6.92 Å². The van der Waals surface area contributed by atoms with E-state index in [-0.39, 0.29) is 17.2 Å². The van der Waals surface area contributed by atoms with E-state index in [0.29, 0.717) is 12.1 Å². The fraction of sp³-hybridized carbons (Fsp3) is 0.308. The highest BCUT2D eigenvalue weighted by atomic mass is 32.2. The van der Waals surface area contributed by atoms with Gasteiger partial charge >= 0.3 is 0 Å². The van der Waals surface area contributed by atoms with E-state index >= 15 is 0 Å². The van der Waals surface area contributed by atoms with Crippen LogP contribution >= 0.6 is 11.3 Å². The Hall–Kier alpha value is -1.64. The number of aryl methyl sites for hydroxylation is 1. The molecule has 114 valence electrons. The molecule has 0 atom stereocenters. The zero-order valence-corrected chi connectivity index (χ0v) is 13.4. The van der Waals surface area contributed by atoms with Crippen molar-refractivity contribution in [3.63, 3.8) is 0 Å². The number of anilines is 1. The summed E-state index contributed by atoms with van der Waals surface area (Å²) in [6.07, 6.45) is 2.23. The Morgan fingerprint density at radius 2 is 2.19 bits per heavy atom. The Morgan fingerprint density at radius 1 is 1.43 bits per heavy atom. The van der Waals surface area contributed by atoms with Crippen LogP contribution in [0.25, 0.3) is 0 Å². The quantitative estimate of drug-likeness (QED) is 0.785. The van der Waals surface area contributed by atoms with E-state index in [2.05, 4.69) is 9.71 Å². The van der Waals surface area contributed by atoms with Crippen LogP contribution in [0.5, 0.6) is 5.75 Å². The number of ether oxygens (including phenoxy) is 1. The average molecular weight is 327 g/mol. The van der Waals surface area contributed by atoms with Gasteiger partial charge in [-0.25, -0.2) is 18.1 Å². The minimum Gasteiger partial charge on any atom is -0.495 e. The molecule has 3 N–H and O–H groups in total. The topological polar surface area (TPSA) is 94.3 Å². The molecular formula is C13H17N3O3S2. The number of nitrogens with zero attached hydrogens (tertiary/aromatic N) is 1. The van der Waals surface area contributed by atoms with E-state index in [4.69, 9.17) is 10.5 Å². The predicted molar refractivity (Wildman–Crippen MR) is 83.1 cm³/mol. The van der Waals surface area contributed by atoms with Gasteiger partial charge in [-0.3, -0.25) is 0 Å². The number of methoxy groups -OCH3 is 1. The minimum absolute atomic E-state index is 0.0484. The Bertz CT molecular complexity index is 713. The second kappa shape index (κ2) is 6.42. The molecule has 0 saturated heterocycles. The molecule has 1 aromatic carbocycles. The number of rotatable bonds is 6. The smallest absolute Gasteiger partial charge is 0.244 e. The number of benzene rings is 1. The Balaban J connectivity index is 2.17. The number of hydrogen-bond acceptors (Lipinski definition) is 6. The summed E-state index contributed by atoms with van der Waals surface area (Å²) in [7, 11) is -2.24. The second-order valence-corrected chi connectivity index (χ2v) is 7.15. The first-order valence-electron chi connectivity index (χ1n) is 6.26. The molecular weight excluding hydrogens is 310 g/mol. The first-order chi connectivity index (χ1) is 9.94. The van der Waals surface area contributed by atoms with Gasteiger partial charge < -0.3 is 10.5 Å². The van der Waals surface area contributed by atoms with Crippen LogP contribution in [-0.4, -0.2) is 27.1 Å². The molecule has 1 aromatic heterocycles. The monoisotopic (exact) mass is 327 g/mol. The maximum atomic E-state index is 12.3. The number of sulfonamides is 1. The van der Waals surface area contributed by atoms with E-state index in [1.54, 1.807) is 19.2 Å². The maximum Gasteiger partial charge on any atom is 0.244 e. The molecule has 1 heterocycles. The molecule has 2 rings (SSSR count). The molecule has 6 nitrogen and oxygen atoms in total.